The van der Waals surface area contributed by atoms with Gasteiger partial charge in [0, 0.05) is 12.6 Å². The second kappa shape index (κ2) is 9.35. The predicted octanol–water partition coefficient (Wildman–Crippen LogP) is 4.34. The minimum absolute atomic E-state index is 0.130. The molecule has 3 rings (SSSR count). The number of aliphatic carboxylic acids is 1. The van der Waals surface area contributed by atoms with E-state index in [1.54, 1.807) is 0 Å². The van der Waals surface area contributed by atoms with Gasteiger partial charge in [0.15, 0.2) is 0 Å². The first kappa shape index (κ1) is 20.6. The average molecular weight is 381 g/mol. The van der Waals surface area contributed by atoms with Crippen molar-refractivity contribution >= 4 is 5.97 Å². The third-order valence-electron chi connectivity index (χ3n) is 5.71. The Balaban J connectivity index is 1.59. The van der Waals surface area contributed by atoms with Gasteiger partial charge in [-0.25, -0.2) is 0 Å². The van der Waals surface area contributed by atoms with E-state index in [-0.39, 0.29) is 6.54 Å². The molecule has 1 atom stereocenters. The minimum atomic E-state index is -0.743. The van der Waals surface area contributed by atoms with Crippen LogP contribution in [0.5, 0.6) is 0 Å². The van der Waals surface area contributed by atoms with Crippen molar-refractivity contribution < 1.29 is 9.90 Å². The molecule has 4 heteroatoms. The highest BCUT2D eigenvalue weighted by Gasteiger charge is 2.21. The van der Waals surface area contributed by atoms with Crippen LogP contribution >= 0.6 is 0 Å². The Morgan fingerprint density at radius 1 is 1.04 bits per heavy atom. The van der Waals surface area contributed by atoms with Crippen molar-refractivity contribution in [2.45, 2.75) is 45.7 Å². The number of likely N-dealkylation sites (N-methyl/N-ethyl adjacent to an activating group) is 1. The number of hydrogen-bond acceptors (Lipinski definition) is 3. The highest BCUT2D eigenvalue weighted by Crippen LogP contribution is 2.24. The summed E-state index contributed by atoms with van der Waals surface area (Å²) in [6.45, 7) is 7.48. The third kappa shape index (κ3) is 5.66. The number of nitrogens with zero attached hydrogens (tertiary/aromatic N) is 2. The summed E-state index contributed by atoms with van der Waals surface area (Å²) in [5.41, 5.74) is 6.48. The van der Waals surface area contributed by atoms with Crippen LogP contribution in [0.25, 0.3) is 11.1 Å². The van der Waals surface area contributed by atoms with Gasteiger partial charge < -0.3 is 5.11 Å². The van der Waals surface area contributed by atoms with E-state index in [0.29, 0.717) is 6.04 Å². The summed E-state index contributed by atoms with van der Waals surface area (Å²) >= 11 is 0. The number of aryl methyl sites for hydroxylation is 2. The van der Waals surface area contributed by atoms with Crippen LogP contribution in [0.4, 0.5) is 0 Å². The zero-order chi connectivity index (χ0) is 20.1. The molecule has 1 unspecified atom stereocenters. The molecule has 1 heterocycles. The fraction of sp³-hybridized carbons (Fsp3) is 0.458. The first-order valence-electron chi connectivity index (χ1n) is 10.2. The average Bonchev–Trinajstić information content (AvgIpc) is 2.87. The van der Waals surface area contributed by atoms with Crippen LogP contribution in [-0.4, -0.2) is 53.6 Å². The maximum atomic E-state index is 11.0. The Morgan fingerprint density at radius 2 is 1.71 bits per heavy atom. The van der Waals surface area contributed by atoms with Gasteiger partial charge in [0.1, 0.15) is 0 Å². The van der Waals surface area contributed by atoms with Crippen molar-refractivity contribution in [2.24, 2.45) is 0 Å². The molecule has 0 saturated carbocycles. The lowest BCUT2D eigenvalue weighted by Crippen LogP contribution is -2.36. The zero-order valence-corrected chi connectivity index (χ0v) is 17.3. The molecule has 2 aromatic rings. The van der Waals surface area contributed by atoms with Gasteiger partial charge in [-0.1, -0.05) is 53.6 Å². The van der Waals surface area contributed by atoms with Crippen molar-refractivity contribution in [3.05, 3.63) is 59.2 Å². The summed E-state index contributed by atoms with van der Waals surface area (Å²) < 4.78 is 0. The van der Waals surface area contributed by atoms with E-state index < -0.39 is 5.97 Å². The predicted molar refractivity (Wildman–Crippen MR) is 115 cm³/mol. The van der Waals surface area contributed by atoms with E-state index in [1.807, 2.05) is 11.9 Å². The summed E-state index contributed by atoms with van der Waals surface area (Å²) in [6.07, 6.45) is 3.23. The van der Waals surface area contributed by atoms with Crippen LogP contribution in [0.1, 0.15) is 36.0 Å². The standard InChI is InChI=1S/C24H32N2O2/c1-18-13-19(2)15-22(14-18)21-8-6-20(7-9-21)16-26-11-4-5-23(10-12-26)25(3)17-24(27)28/h6-9,13-15,23H,4-5,10-12,16-17H2,1-3H3,(H,27,28). The van der Waals surface area contributed by atoms with Crippen molar-refractivity contribution in [1.29, 1.82) is 0 Å². The molecule has 1 saturated heterocycles. The number of benzene rings is 2. The second-order valence-corrected chi connectivity index (χ2v) is 8.24. The maximum Gasteiger partial charge on any atom is 0.317 e. The van der Waals surface area contributed by atoms with Crippen LogP contribution in [-0.2, 0) is 11.3 Å². The summed E-state index contributed by atoms with van der Waals surface area (Å²) in [7, 11) is 1.93. The molecule has 0 aliphatic carbocycles. The summed E-state index contributed by atoms with van der Waals surface area (Å²) in [4.78, 5) is 15.4. The van der Waals surface area contributed by atoms with Gasteiger partial charge in [-0.05, 0) is 69.9 Å². The number of rotatable bonds is 6. The molecule has 0 radical (unpaired) electrons. The van der Waals surface area contributed by atoms with Gasteiger partial charge in [-0.3, -0.25) is 14.6 Å². The molecule has 1 fully saturated rings. The van der Waals surface area contributed by atoms with Crippen LogP contribution in [0.3, 0.4) is 0 Å². The Morgan fingerprint density at radius 3 is 2.36 bits per heavy atom. The highest BCUT2D eigenvalue weighted by atomic mass is 16.4. The highest BCUT2D eigenvalue weighted by molar-refractivity contribution is 5.69. The van der Waals surface area contributed by atoms with E-state index in [9.17, 15) is 4.79 Å². The Labute approximate surface area is 168 Å². The zero-order valence-electron chi connectivity index (χ0n) is 17.3. The summed E-state index contributed by atoms with van der Waals surface area (Å²) in [6, 6.07) is 16.0. The molecule has 1 aliphatic heterocycles. The fourth-order valence-corrected chi connectivity index (χ4v) is 4.28. The van der Waals surface area contributed by atoms with Crippen molar-refractivity contribution in [1.82, 2.24) is 9.80 Å². The Bertz CT molecular complexity index is 781. The topological polar surface area (TPSA) is 43.8 Å². The monoisotopic (exact) mass is 380 g/mol. The Kier molecular flexibility index (Phi) is 6.87. The van der Waals surface area contributed by atoms with E-state index >= 15 is 0 Å². The number of hydrogen-bond donors (Lipinski definition) is 1. The smallest absolute Gasteiger partial charge is 0.317 e. The Hall–Kier alpha value is -2.17. The first-order valence-corrected chi connectivity index (χ1v) is 10.2. The molecule has 0 bridgehead atoms. The fourth-order valence-electron chi connectivity index (χ4n) is 4.28. The molecule has 0 spiro atoms. The lowest BCUT2D eigenvalue weighted by Gasteiger charge is -2.25. The lowest BCUT2D eigenvalue weighted by molar-refractivity contribution is -0.138. The summed E-state index contributed by atoms with van der Waals surface area (Å²) in [5, 5.41) is 9.01. The quantitative estimate of drug-likeness (QED) is 0.810. The summed E-state index contributed by atoms with van der Waals surface area (Å²) in [5.74, 6) is -0.743. The van der Waals surface area contributed by atoms with Crippen molar-refractivity contribution in [3.63, 3.8) is 0 Å². The molecule has 150 valence electrons. The molecule has 28 heavy (non-hydrogen) atoms. The van der Waals surface area contributed by atoms with Gasteiger partial charge in [0.05, 0.1) is 6.54 Å². The molecule has 0 aromatic heterocycles. The van der Waals surface area contributed by atoms with Gasteiger partial charge in [-0.2, -0.15) is 0 Å². The van der Waals surface area contributed by atoms with E-state index in [2.05, 4.69) is 61.2 Å². The minimum Gasteiger partial charge on any atom is -0.480 e. The number of carboxylic acid groups (broad SMARTS) is 1. The third-order valence-corrected chi connectivity index (χ3v) is 5.71. The number of carboxylic acids is 1. The van der Waals surface area contributed by atoms with E-state index in [4.69, 9.17) is 5.11 Å². The molecule has 2 aromatic carbocycles. The maximum absolute atomic E-state index is 11.0. The second-order valence-electron chi connectivity index (χ2n) is 8.24. The molecule has 1 N–H and O–H groups in total. The van der Waals surface area contributed by atoms with Crippen molar-refractivity contribution in [2.75, 3.05) is 26.7 Å². The molecular formula is C24H32N2O2. The number of carbonyl (C=O) groups is 1. The molecular weight excluding hydrogens is 348 g/mol. The molecule has 1 aliphatic rings. The van der Waals surface area contributed by atoms with Crippen LogP contribution in [0.2, 0.25) is 0 Å². The molecule has 4 nitrogen and oxygen atoms in total. The van der Waals surface area contributed by atoms with Gasteiger partial charge >= 0.3 is 5.97 Å². The largest absolute Gasteiger partial charge is 0.480 e. The van der Waals surface area contributed by atoms with Crippen LogP contribution < -0.4 is 0 Å². The van der Waals surface area contributed by atoms with Crippen LogP contribution in [0.15, 0.2) is 42.5 Å². The lowest BCUT2D eigenvalue weighted by atomic mass is 10.00. The van der Waals surface area contributed by atoms with Gasteiger partial charge in [0.25, 0.3) is 0 Å². The van der Waals surface area contributed by atoms with Gasteiger partial charge in [-0.15, -0.1) is 0 Å². The van der Waals surface area contributed by atoms with Gasteiger partial charge in [0.2, 0.25) is 0 Å². The normalized spacial score (nSPS) is 18.2. The number of likely N-dealkylation sites (tertiary alicyclic amines) is 1. The van der Waals surface area contributed by atoms with E-state index in [1.165, 1.54) is 27.8 Å². The van der Waals surface area contributed by atoms with E-state index in [0.717, 1.165) is 38.9 Å². The first-order chi connectivity index (χ1) is 13.4. The van der Waals surface area contributed by atoms with Crippen LogP contribution in [0, 0.1) is 13.8 Å². The van der Waals surface area contributed by atoms with Crippen molar-refractivity contribution in [3.8, 4) is 11.1 Å². The molecule has 0 amide bonds. The SMILES string of the molecule is Cc1cc(C)cc(-c2ccc(CN3CCCC(N(C)CC(=O)O)CC3)cc2)c1.